The van der Waals surface area contributed by atoms with Crippen LogP contribution in [0, 0.1) is 6.92 Å². The van der Waals surface area contributed by atoms with Crippen molar-refractivity contribution in [1.82, 2.24) is 10.3 Å². The predicted octanol–water partition coefficient (Wildman–Crippen LogP) is 7.69. The van der Waals surface area contributed by atoms with Gasteiger partial charge in [0.1, 0.15) is 11.4 Å². The monoisotopic (exact) mass is 719 g/mol. The Bertz CT molecular complexity index is 1650. The van der Waals surface area contributed by atoms with Gasteiger partial charge in [0.15, 0.2) is 0 Å². The maximum absolute atomic E-state index is 14.0. The highest BCUT2D eigenvalue weighted by Gasteiger charge is 2.63. The van der Waals surface area contributed by atoms with E-state index in [4.69, 9.17) is 11.6 Å². The SMILES string of the molecule is Cc1cc(Cc2cc(C(F)(F)C(F)(F)F)nc(C(F)(F)C(F)(F)F)c2)ccc1NC(=O)c1cccc(Cl)c1C(=O)N[C@@H](C)CS(C)=O. The van der Waals surface area contributed by atoms with E-state index in [1.165, 1.54) is 49.6 Å². The van der Waals surface area contributed by atoms with Crippen molar-refractivity contribution in [2.75, 3.05) is 17.3 Å². The highest BCUT2D eigenvalue weighted by Crippen LogP contribution is 2.47. The van der Waals surface area contributed by atoms with Gasteiger partial charge >= 0.3 is 24.2 Å². The molecule has 256 valence electrons. The first-order valence-electron chi connectivity index (χ1n) is 13.2. The molecular weight excluding hydrogens is 696 g/mol. The van der Waals surface area contributed by atoms with Crippen molar-refractivity contribution in [2.24, 2.45) is 0 Å². The van der Waals surface area contributed by atoms with Gasteiger partial charge in [-0.2, -0.15) is 43.9 Å². The zero-order valence-electron chi connectivity index (χ0n) is 24.3. The number of carbonyl (C=O) groups excluding carboxylic acids is 2. The quantitative estimate of drug-likeness (QED) is 0.211. The lowest BCUT2D eigenvalue weighted by Gasteiger charge is -2.24. The molecule has 3 aromatic rings. The van der Waals surface area contributed by atoms with Crippen LogP contribution >= 0.6 is 11.6 Å². The second kappa shape index (κ2) is 13.8. The van der Waals surface area contributed by atoms with Gasteiger partial charge in [0.25, 0.3) is 11.8 Å². The fraction of sp³-hybridized carbons (Fsp3) is 0.345. The number of pyridine rings is 1. The number of aryl methyl sites for hydroxylation is 1. The molecule has 0 saturated heterocycles. The summed E-state index contributed by atoms with van der Waals surface area (Å²) in [7, 11) is -1.24. The number of hydrogen-bond donors (Lipinski definition) is 2. The lowest BCUT2D eigenvalue weighted by Crippen LogP contribution is -2.38. The Hall–Kier alpha value is -3.73. The van der Waals surface area contributed by atoms with Crippen LogP contribution in [0.4, 0.5) is 49.6 Å². The minimum atomic E-state index is -6.35. The van der Waals surface area contributed by atoms with Gasteiger partial charge < -0.3 is 10.6 Å². The molecule has 47 heavy (non-hydrogen) atoms. The summed E-state index contributed by atoms with van der Waals surface area (Å²) in [6, 6.07) is 7.43. The Labute approximate surface area is 268 Å². The molecule has 0 radical (unpaired) electrons. The van der Waals surface area contributed by atoms with Crippen molar-refractivity contribution in [1.29, 1.82) is 0 Å². The highest BCUT2D eigenvalue weighted by atomic mass is 35.5. The van der Waals surface area contributed by atoms with Gasteiger partial charge in [-0.15, -0.1) is 0 Å². The van der Waals surface area contributed by atoms with Crippen LogP contribution in [0.5, 0.6) is 0 Å². The molecule has 0 bridgehead atoms. The Balaban J connectivity index is 1.94. The molecule has 6 nitrogen and oxygen atoms in total. The molecule has 0 spiro atoms. The largest absolute Gasteiger partial charge is 0.459 e. The molecule has 2 amide bonds. The summed E-state index contributed by atoms with van der Waals surface area (Å²) < 4.78 is 146. The number of carbonyl (C=O) groups is 2. The van der Waals surface area contributed by atoms with Crippen LogP contribution in [0.1, 0.15) is 55.7 Å². The van der Waals surface area contributed by atoms with Crippen LogP contribution in [0.25, 0.3) is 0 Å². The number of alkyl halides is 10. The van der Waals surface area contributed by atoms with Crippen molar-refractivity contribution in [3.8, 4) is 0 Å². The van der Waals surface area contributed by atoms with Crippen LogP contribution in [-0.2, 0) is 29.1 Å². The fourth-order valence-corrected chi connectivity index (χ4v) is 5.38. The fourth-order valence-electron chi connectivity index (χ4n) is 4.34. The minimum absolute atomic E-state index is 0.0689. The van der Waals surface area contributed by atoms with E-state index in [1.54, 1.807) is 6.92 Å². The maximum atomic E-state index is 14.0. The molecular formula is C29H24ClF10N3O3S. The van der Waals surface area contributed by atoms with Crippen molar-refractivity contribution < 1.29 is 57.7 Å². The lowest BCUT2D eigenvalue weighted by molar-refractivity contribution is -0.295. The Morgan fingerprint density at radius 2 is 1.40 bits per heavy atom. The highest BCUT2D eigenvalue weighted by molar-refractivity contribution is 7.84. The van der Waals surface area contributed by atoms with Gasteiger partial charge in [-0.1, -0.05) is 29.8 Å². The molecule has 1 aromatic heterocycles. The third-order valence-electron chi connectivity index (χ3n) is 6.54. The van der Waals surface area contributed by atoms with Crippen LogP contribution in [-0.4, -0.2) is 51.4 Å². The number of nitrogens with zero attached hydrogens (tertiary/aromatic N) is 1. The van der Waals surface area contributed by atoms with E-state index < -0.39 is 76.2 Å². The second-order valence-electron chi connectivity index (χ2n) is 10.4. The molecule has 18 heteroatoms. The molecule has 0 aliphatic carbocycles. The first-order valence-corrected chi connectivity index (χ1v) is 15.3. The van der Waals surface area contributed by atoms with E-state index >= 15 is 0 Å². The van der Waals surface area contributed by atoms with Gasteiger partial charge in [0.2, 0.25) is 0 Å². The molecule has 2 N–H and O–H groups in total. The molecule has 2 aromatic carbocycles. The van der Waals surface area contributed by atoms with Crippen LogP contribution < -0.4 is 10.6 Å². The van der Waals surface area contributed by atoms with Gasteiger partial charge in [-0.3, -0.25) is 13.8 Å². The van der Waals surface area contributed by atoms with Crippen molar-refractivity contribution in [3.05, 3.63) is 92.8 Å². The van der Waals surface area contributed by atoms with Crippen molar-refractivity contribution in [3.63, 3.8) is 0 Å². The number of nitrogens with one attached hydrogen (secondary N) is 2. The summed E-state index contributed by atoms with van der Waals surface area (Å²) in [5.41, 5.74) is -5.37. The zero-order chi connectivity index (χ0) is 35.7. The van der Waals surface area contributed by atoms with Crippen molar-refractivity contribution >= 4 is 39.9 Å². The van der Waals surface area contributed by atoms with Crippen LogP contribution in [0.3, 0.4) is 0 Å². The molecule has 3 rings (SSSR count). The molecule has 0 saturated carbocycles. The number of aromatic nitrogens is 1. The third kappa shape index (κ3) is 8.60. The number of hydrogen-bond acceptors (Lipinski definition) is 4. The van der Waals surface area contributed by atoms with Gasteiger partial charge in [-0.25, -0.2) is 4.98 Å². The summed E-state index contributed by atoms with van der Waals surface area (Å²) in [6.07, 6.45) is -11.9. The summed E-state index contributed by atoms with van der Waals surface area (Å²) in [5.74, 6) is -13.1. The summed E-state index contributed by atoms with van der Waals surface area (Å²) in [6.45, 7) is 3.02. The predicted molar refractivity (Wildman–Crippen MR) is 153 cm³/mol. The number of amides is 2. The van der Waals surface area contributed by atoms with Gasteiger partial charge in [0.05, 0.1) is 16.1 Å². The standard InChI is InChI=1S/C29H24ClF10N3O3S/c1-14-9-16(10-17-11-21(26(31,32)28(35,36)37)43-22(12-17)27(33,34)29(38,39)40)7-8-20(14)42-24(44)18-5-4-6-19(30)23(18)25(45)41-15(2)13-47(3)46/h4-9,11-12,15H,10,13H2,1-3H3,(H,41,45)(H,42,44)/t15-,47?/m0/s1. The molecule has 1 unspecified atom stereocenters. The summed E-state index contributed by atoms with van der Waals surface area (Å²) in [4.78, 5) is 28.4. The van der Waals surface area contributed by atoms with E-state index in [-0.39, 0.29) is 50.8 Å². The normalized spacial score (nSPS) is 14.0. The number of halogens is 11. The first kappa shape index (κ1) is 37.7. The molecule has 1 heterocycles. The van der Waals surface area contributed by atoms with E-state index in [9.17, 15) is 57.7 Å². The minimum Gasteiger partial charge on any atom is -0.349 e. The first-order chi connectivity index (χ1) is 21.5. The Morgan fingerprint density at radius 1 is 0.851 bits per heavy atom. The molecule has 0 aliphatic heterocycles. The van der Waals surface area contributed by atoms with Crippen LogP contribution in [0.15, 0.2) is 48.5 Å². The van der Waals surface area contributed by atoms with Gasteiger partial charge in [0, 0.05) is 34.5 Å². The number of anilines is 1. The Morgan fingerprint density at radius 3 is 1.89 bits per heavy atom. The third-order valence-corrected chi connectivity index (χ3v) is 7.82. The second-order valence-corrected chi connectivity index (χ2v) is 12.3. The van der Waals surface area contributed by atoms with Crippen LogP contribution in [0.2, 0.25) is 5.02 Å². The maximum Gasteiger partial charge on any atom is 0.459 e. The number of rotatable bonds is 10. The van der Waals surface area contributed by atoms with E-state index in [2.05, 4.69) is 15.6 Å². The van der Waals surface area contributed by atoms with E-state index in [0.29, 0.717) is 0 Å². The lowest BCUT2D eigenvalue weighted by atomic mass is 9.99. The van der Waals surface area contributed by atoms with E-state index in [1.807, 2.05) is 0 Å². The average molecular weight is 720 g/mol. The zero-order valence-corrected chi connectivity index (χ0v) is 25.9. The van der Waals surface area contributed by atoms with E-state index in [0.717, 1.165) is 0 Å². The summed E-state index contributed by atoms with van der Waals surface area (Å²) in [5, 5.41) is 5.05. The van der Waals surface area contributed by atoms with Gasteiger partial charge in [-0.05, 0) is 67.3 Å². The van der Waals surface area contributed by atoms with Crippen molar-refractivity contribution in [2.45, 2.75) is 50.5 Å². The number of benzene rings is 2. The summed E-state index contributed by atoms with van der Waals surface area (Å²) >= 11 is 6.19. The molecule has 0 aliphatic rings. The smallest absolute Gasteiger partial charge is 0.349 e. The Kier molecular flexibility index (Phi) is 11.1. The molecule has 2 atom stereocenters. The topological polar surface area (TPSA) is 88.2 Å². The average Bonchev–Trinajstić information content (AvgIpc) is 2.92. The molecule has 0 fully saturated rings.